The Morgan fingerprint density at radius 1 is 1.26 bits per heavy atom. The maximum Gasteiger partial charge on any atom is 0.196 e. The van der Waals surface area contributed by atoms with Gasteiger partial charge in [-0.25, -0.2) is 0 Å². The zero-order chi connectivity index (χ0) is 16.4. The Morgan fingerprint density at radius 2 is 2.00 bits per heavy atom. The molecule has 0 spiro atoms. The molecule has 23 heavy (non-hydrogen) atoms. The first kappa shape index (κ1) is 16.0. The summed E-state index contributed by atoms with van der Waals surface area (Å²) in [7, 11) is 1.68. The number of hydrogen-bond donors (Lipinski definition) is 0. The molecule has 1 unspecified atom stereocenters. The molecule has 3 rings (SSSR count). The minimum atomic E-state index is -0.706. The molecule has 4 nitrogen and oxygen atoms in total. The van der Waals surface area contributed by atoms with Crippen LogP contribution in [0.25, 0.3) is 11.0 Å². The Labute approximate surface area is 136 Å². The van der Waals surface area contributed by atoms with Gasteiger partial charge in [0.15, 0.2) is 11.0 Å². The van der Waals surface area contributed by atoms with Crippen molar-refractivity contribution in [2.45, 2.75) is 25.9 Å². The summed E-state index contributed by atoms with van der Waals surface area (Å²) in [6, 6.07) is 7.41. The van der Waals surface area contributed by atoms with Gasteiger partial charge in [-0.1, -0.05) is 32.1 Å². The third-order valence-corrected chi connectivity index (χ3v) is 4.70. The average molecular weight is 313 g/mol. The third-order valence-electron chi connectivity index (χ3n) is 4.70. The molecule has 2 aromatic rings. The maximum atomic E-state index is 12.8. The number of rotatable bonds is 5. The van der Waals surface area contributed by atoms with Gasteiger partial charge in [0.1, 0.15) is 11.3 Å². The van der Waals surface area contributed by atoms with Crippen molar-refractivity contribution in [1.29, 1.82) is 0 Å². The number of ether oxygens (including phenoxy) is 1. The molecule has 1 aromatic heterocycles. The quantitative estimate of drug-likeness (QED) is 0.796. The lowest BCUT2D eigenvalue weighted by molar-refractivity contribution is -0.0183. The summed E-state index contributed by atoms with van der Waals surface area (Å²) in [6.07, 6.45) is 4.64. The molecule has 0 fully saturated rings. The van der Waals surface area contributed by atoms with Gasteiger partial charge in [-0.15, -0.1) is 0 Å². The number of allylic oxidation sites excluding steroid dienone is 1. The number of hydrogen-bond acceptors (Lipinski definition) is 4. The summed E-state index contributed by atoms with van der Waals surface area (Å²) in [5.41, 5.74) is 0.669. The van der Waals surface area contributed by atoms with Crippen LogP contribution in [0.15, 0.2) is 45.6 Å². The van der Waals surface area contributed by atoms with Gasteiger partial charge >= 0.3 is 0 Å². The van der Waals surface area contributed by atoms with Gasteiger partial charge in [-0.3, -0.25) is 4.79 Å². The third kappa shape index (κ3) is 2.62. The van der Waals surface area contributed by atoms with E-state index < -0.39 is 5.60 Å². The van der Waals surface area contributed by atoms with Crippen LogP contribution in [0.4, 0.5) is 0 Å². The second-order valence-corrected chi connectivity index (χ2v) is 5.90. The predicted octanol–water partition coefficient (Wildman–Crippen LogP) is 3.09. The molecule has 0 radical (unpaired) electrons. The van der Waals surface area contributed by atoms with Crippen molar-refractivity contribution in [3.05, 3.63) is 58.0 Å². The van der Waals surface area contributed by atoms with Gasteiger partial charge in [0.2, 0.25) is 0 Å². The van der Waals surface area contributed by atoms with Crippen molar-refractivity contribution in [1.82, 2.24) is 4.90 Å². The minimum absolute atomic E-state index is 0.0483. The van der Waals surface area contributed by atoms with Gasteiger partial charge in [0.05, 0.1) is 5.39 Å². The van der Waals surface area contributed by atoms with Gasteiger partial charge in [0.25, 0.3) is 0 Å². The van der Waals surface area contributed by atoms with Crippen molar-refractivity contribution >= 4 is 11.0 Å². The number of para-hydroxylation sites is 1. The Morgan fingerprint density at radius 3 is 2.70 bits per heavy atom. The first-order valence-corrected chi connectivity index (χ1v) is 8.15. The summed E-state index contributed by atoms with van der Waals surface area (Å²) < 4.78 is 12.0. The maximum absolute atomic E-state index is 12.8. The molecule has 0 saturated carbocycles. The van der Waals surface area contributed by atoms with Gasteiger partial charge in [0, 0.05) is 19.2 Å². The predicted molar refractivity (Wildman–Crippen MR) is 91.8 cm³/mol. The molecule has 1 aromatic carbocycles. The summed E-state index contributed by atoms with van der Waals surface area (Å²) in [5, 5.41) is 0.634. The van der Waals surface area contributed by atoms with E-state index >= 15 is 0 Å². The molecule has 1 aliphatic carbocycles. The Hall–Kier alpha value is -1.91. The molecule has 0 amide bonds. The van der Waals surface area contributed by atoms with Crippen LogP contribution in [0.2, 0.25) is 0 Å². The van der Waals surface area contributed by atoms with Gasteiger partial charge < -0.3 is 14.1 Å². The molecule has 1 heterocycles. The second kappa shape index (κ2) is 6.30. The second-order valence-electron chi connectivity index (χ2n) is 5.90. The molecule has 122 valence electrons. The number of nitrogens with zero attached hydrogens (tertiary/aromatic N) is 1. The lowest BCUT2D eigenvalue weighted by atomic mass is 9.87. The zero-order valence-corrected chi connectivity index (χ0v) is 14.0. The fourth-order valence-corrected chi connectivity index (χ4v) is 3.28. The highest BCUT2D eigenvalue weighted by Gasteiger charge is 2.39. The molecule has 0 N–H and O–H groups in total. The van der Waals surface area contributed by atoms with Crippen LogP contribution in [-0.4, -0.2) is 31.6 Å². The number of likely N-dealkylation sites (N-methyl/N-ethyl adjacent to an activating group) is 1. The number of benzene rings is 1. The zero-order valence-electron chi connectivity index (χ0n) is 14.0. The Kier molecular flexibility index (Phi) is 4.37. The lowest BCUT2D eigenvalue weighted by Crippen LogP contribution is -2.43. The molecular formula is C19H23NO3. The van der Waals surface area contributed by atoms with E-state index in [2.05, 4.69) is 18.7 Å². The van der Waals surface area contributed by atoms with Crippen LogP contribution < -0.4 is 5.43 Å². The van der Waals surface area contributed by atoms with Crippen molar-refractivity contribution in [3.63, 3.8) is 0 Å². The highest BCUT2D eigenvalue weighted by Crippen LogP contribution is 2.35. The summed E-state index contributed by atoms with van der Waals surface area (Å²) in [6.45, 7) is 6.75. The summed E-state index contributed by atoms with van der Waals surface area (Å²) in [4.78, 5) is 15.1. The first-order chi connectivity index (χ1) is 11.1. The highest BCUT2D eigenvalue weighted by molar-refractivity contribution is 5.77. The Bertz CT molecular complexity index is 789. The fourth-order valence-electron chi connectivity index (χ4n) is 3.28. The van der Waals surface area contributed by atoms with E-state index in [1.165, 1.54) is 0 Å². The molecule has 1 aliphatic rings. The molecule has 0 saturated heterocycles. The van der Waals surface area contributed by atoms with E-state index in [1.807, 2.05) is 36.4 Å². The summed E-state index contributed by atoms with van der Waals surface area (Å²) >= 11 is 0. The fraction of sp³-hybridized carbons (Fsp3) is 0.421. The standard InChI is InChI=1S/C19H23NO3/c1-4-20(5-2)13-19(22-3)12-8-10-15-17(21)14-9-6-7-11-16(14)23-18(15)19/h6-9,11-12H,4-5,10,13H2,1-3H3. The van der Waals surface area contributed by atoms with Crippen molar-refractivity contribution < 1.29 is 9.15 Å². The molecule has 4 heteroatoms. The first-order valence-electron chi connectivity index (χ1n) is 8.15. The minimum Gasteiger partial charge on any atom is -0.457 e. The van der Waals surface area contributed by atoms with Crippen LogP contribution in [0.5, 0.6) is 0 Å². The Balaban J connectivity index is 2.21. The molecule has 0 bridgehead atoms. The van der Waals surface area contributed by atoms with E-state index in [9.17, 15) is 4.79 Å². The highest BCUT2D eigenvalue weighted by atomic mass is 16.5. The van der Waals surface area contributed by atoms with Crippen LogP contribution in [0, 0.1) is 0 Å². The molecule has 0 aliphatic heterocycles. The van der Waals surface area contributed by atoms with Crippen LogP contribution in [0.3, 0.4) is 0 Å². The van der Waals surface area contributed by atoms with Gasteiger partial charge in [-0.2, -0.15) is 0 Å². The topological polar surface area (TPSA) is 42.7 Å². The summed E-state index contributed by atoms with van der Waals surface area (Å²) in [5.74, 6) is 0.651. The van der Waals surface area contributed by atoms with Gasteiger partial charge in [-0.05, 0) is 37.7 Å². The average Bonchev–Trinajstić information content (AvgIpc) is 2.60. The van der Waals surface area contributed by atoms with E-state index in [4.69, 9.17) is 9.15 Å². The smallest absolute Gasteiger partial charge is 0.196 e. The van der Waals surface area contributed by atoms with Crippen LogP contribution >= 0.6 is 0 Å². The monoisotopic (exact) mass is 313 g/mol. The molecular weight excluding hydrogens is 290 g/mol. The van der Waals surface area contributed by atoms with Crippen molar-refractivity contribution in [2.75, 3.05) is 26.7 Å². The van der Waals surface area contributed by atoms with E-state index in [-0.39, 0.29) is 5.43 Å². The molecule has 1 atom stereocenters. The van der Waals surface area contributed by atoms with Crippen LogP contribution in [0.1, 0.15) is 25.2 Å². The SMILES string of the molecule is CCN(CC)CC1(OC)C=CCc2c1oc1ccccc1c2=O. The largest absolute Gasteiger partial charge is 0.457 e. The lowest BCUT2D eigenvalue weighted by Gasteiger charge is -2.36. The van der Waals surface area contributed by atoms with E-state index in [1.54, 1.807) is 7.11 Å². The van der Waals surface area contributed by atoms with Crippen LogP contribution in [-0.2, 0) is 16.8 Å². The number of methoxy groups -OCH3 is 1. The van der Waals surface area contributed by atoms with E-state index in [0.29, 0.717) is 35.3 Å². The van der Waals surface area contributed by atoms with Crippen molar-refractivity contribution in [3.8, 4) is 0 Å². The van der Waals surface area contributed by atoms with Crippen molar-refractivity contribution in [2.24, 2.45) is 0 Å². The normalized spacial score (nSPS) is 20.2. The number of fused-ring (bicyclic) bond motifs is 2. The van der Waals surface area contributed by atoms with E-state index in [0.717, 1.165) is 13.1 Å².